The van der Waals surface area contributed by atoms with Crippen molar-refractivity contribution in [2.75, 3.05) is 0 Å². The van der Waals surface area contributed by atoms with Gasteiger partial charge in [0.25, 0.3) is 0 Å². The van der Waals surface area contributed by atoms with Crippen LogP contribution in [0.25, 0.3) is 0 Å². The average molecular weight is 196 g/mol. The van der Waals surface area contributed by atoms with E-state index in [2.05, 4.69) is 25.9 Å². The molecular weight excluding hydrogens is 176 g/mol. The van der Waals surface area contributed by atoms with Gasteiger partial charge in [0.15, 0.2) is 5.75 Å². The van der Waals surface area contributed by atoms with E-state index >= 15 is 0 Å². The SMILES string of the molecule is Cc1c(O)c(C(C)C)nn1C(C)(C)C. The third-order valence-electron chi connectivity index (χ3n) is 2.29. The highest BCUT2D eigenvalue weighted by Gasteiger charge is 2.23. The first-order chi connectivity index (χ1) is 6.25. The van der Waals surface area contributed by atoms with Crippen LogP contribution in [0.4, 0.5) is 0 Å². The zero-order valence-electron chi connectivity index (χ0n) is 9.92. The summed E-state index contributed by atoms with van der Waals surface area (Å²) < 4.78 is 1.89. The van der Waals surface area contributed by atoms with Crippen molar-refractivity contribution in [3.8, 4) is 5.75 Å². The Balaban J connectivity index is 3.29. The summed E-state index contributed by atoms with van der Waals surface area (Å²) in [6.45, 7) is 12.2. The molecule has 1 aromatic heterocycles. The van der Waals surface area contributed by atoms with Crippen LogP contribution in [0.5, 0.6) is 5.75 Å². The van der Waals surface area contributed by atoms with E-state index in [1.165, 1.54) is 0 Å². The predicted molar refractivity (Wildman–Crippen MR) is 57.7 cm³/mol. The number of hydrogen-bond donors (Lipinski definition) is 1. The van der Waals surface area contributed by atoms with Gasteiger partial charge in [-0.05, 0) is 27.7 Å². The zero-order chi connectivity index (χ0) is 11.1. The van der Waals surface area contributed by atoms with E-state index in [0.29, 0.717) is 5.75 Å². The van der Waals surface area contributed by atoms with E-state index in [1.54, 1.807) is 0 Å². The second-order valence-electron chi connectivity index (χ2n) is 5.06. The van der Waals surface area contributed by atoms with Crippen molar-refractivity contribution in [1.82, 2.24) is 9.78 Å². The largest absolute Gasteiger partial charge is 0.504 e. The van der Waals surface area contributed by atoms with E-state index in [9.17, 15) is 5.11 Å². The highest BCUT2D eigenvalue weighted by Crippen LogP contribution is 2.30. The molecule has 0 unspecified atom stereocenters. The molecule has 0 aliphatic rings. The lowest BCUT2D eigenvalue weighted by atomic mass is 10.1. The molecule has 0 aliphatic carbocycles. The average Bonchev–Trinajstić information content (AvgIpc) is 2.28. The van der Waals surface area contributed by atoms with E-state index in [0.717, 1.165) is 11.4 Å². The Morgan fingerprint density at radius 3 is 2.00 bits per heavy atom. The first-order valence-corrected chi connectivity index (χ1v) is 5.04. The van der Waals surface area contributed by atoms with Crippen LogP contribution in [0, 0.1) is 6.92 Å². The summed E-state index contributed by atoms with van der Waals surface area (Å²) in [5, 5.41) is 14.3. The van der Waals surface area contributed by atoms with Crippen molar-refractivity contribution in [2.45, 2.75) is 53.0 Å². The van der Waals surface area contributed by atoms with Gasteiger partial charge >= 0.3 is 0 Å². The number of rotatable bonds is 1. The van der Waals surface area contributed by atoms with Crippen LogP contribution in [0.2, 0.25) is 0 Å². The quantitative estimate of drug-likeness (QED) is 0.750. The van der Waals surface area contributed by atoms with Gasteiger partial charge in [-0.2, -0.15) is 5.10 Å². The second kappa shape index (κ2) is 3.30. The molecule has 0 aromatic carbocycles. The third kappa shape index (κ3) is 1.76. The molecule has 0 aliphatic heterocycles. The number of aromatic hydroxyl groups is 1. The Morgan fingerprint density at radius 1 is 1.29 bits per heavy atom. The second-order valence-corrected chi connectivity index (χ2v) is 5.06. The van der Waals surface area contributed by atoms with Crippen LogP contribution < -0.4 is 0 Å². The smallest absolute Gasteiger partial charge is 0.160 e. The van der Waals surface area contributed by atoms with Gasteiger partial charge in [-0.3, -0.25) is 4.68 Å². The van der Waals surface area contributed by atoms with Gasteiger partial charge in [-0.15, -0.1) is 0 Å². The molecular formula is C11H20N2O. The fraction of sp³-hybridized carbons (Fsp3) is 0.727. The van der Waals surface area contributed by atoms with E-state index < -0.39 is 0 Å². The summed E-state index contributed by atoms with van der Waals surface area (Å²) in [6.07, 6.45) is 0. The Kier molecular flexibility index (Phi) is 2.61. The van der Waals surface area contributed by atoms with Gasteiger partial charge in [-0.1, -0.05) is 13.8 Å². The molecule has 1 heterocycles. The highest BCUT2D eigenvalue weighted by molar-refractivity contribution is 5.33. The van der Waals surface area contributed by atoms with Crippen LogP contribution in [0.15, 0.2) is 0 Å². The summed E-state index contributed by atoms with van der Waals surface area (Å²) in [4.78, 5) is 0. The summed E-state index contributed by atoms with van der Waals surface area (Å²) in [5.74, 6) is 0.604. The predicted octanol–water partition coefficient (Wildman–Crippen LogP) is 2.78. The van der Waals surface area contributed by atoms with Gasteiger partial charge in [0.2, 0.25) is 0 Å². The van der Waals surface area contributed by atoms with Gasteiger partial charge in [-0.25, -0.2) is 0 Å². The molecule has 80 valence electrons. The van der Waals surface area contributed by atoms with Gasteiger partial charge < -0.3 is 5.11 Å². The Bertz CT molecular complexity index is 332. The Morgan fingerprint density at radius 2 is 1.79 bits per heavy atom. The molecule has 1 N–H and O–H groups in total. The Hall–Kier alpha value is -0.990. The van der Waals surface area contributed by atoms with Crippen LogP contribution in [0.3, 0.4) is 0 Å². The maximum absolute atomic E-state index is 9.87. The van der Waals surface area contributed by atoms with Crippen molar-refractivity contribution < 1.29 is 5.11 Å². The molecule has 3 nitrogen and oxygen atoms in total. The van der Waals surface area contributed by atoms with Crippen molar-refractivity contribution in [3.05, 3.63) is 11.4 Å². The summed E-state index contributed by atoms with van der Waals surface area (Å²) >= 11 is 0. The maximum atomic E-state index is 9.87. The van der Waals surface area contributed by atoms with Gasteiger partial charge in [0.1, 0.15) is 5.69 Å². The molecule has 0 radical (unpaired) electrons. The third-order valence-corrected chi connectivity index (χ3v) is 2.29. The molecule has 1 rings (SSSR count). The van der Waals surface area contributed by atoms with Gasteiger partial charge in [0, 0.05) is 5.92 Å². The van der Waals surface area contributed by atoms with Crippen molar-refractivity contribution >= 4 is 0 Å². The minimum absolute atomic E-state index is 0.0747. The molecule has 0 atom stereocenters. The van der Waals surface area contributed by atoms with Crippen LogP contribution in [-0.4, -0.2) is 14.9 Å². The number of aromatic nitrogens is 2. The minimum atomic E-state index is -0.0747. The number of hydrogen-bond acceptors (Lipinski definition) is 2. The molecule has 1 aromatic rings. The maximum Gasteiger partial charge on any atom is 0.160 e. The first kappa shape index (κ1) is 11.1. The molecule has 0 fully saturated rings. The van der Waals surface area contributed by atoms with Crippen LogP contribution in [-0.2, 0) is 5.54 Å². The Labute approximate surface area is 85.8 Å². The normalized spacial score (nSPS) is 12.5. The fourth-order valence-electron chi connectivity index (χ4n) is 1.56. The lowest BCUT2D eigenvalue weighted by molar-refractivity contribution is 0.342. The minimum Gasteiger partial charge on any atom is -0.504 e. The molecule has 0 saturated heterocycles. The van der Waals surface area contributed by atoms with Crippen molar-refractivity contribution in [1.29, 1.82) is 0 Å². The molecule has 0 amide bonds. The molecule has 0 bridgehead atoms. The van der Waals surface area contributed by atoms with Crippen molar-refractivity contribution in [2.24, 2.45) is 0 Å². The molecule has 0 spiro atoms. The summed E-state index contributed by atoms with van der Waals surface area (Å²) in [6, 6.07) is 0. The van der Waals surface area contributed by atoms with Crippen LogP contribution in [0.1, 0.15) is 51.9 Å². The standard InChI is InChI=1S/C11H20N2O/c1-7(2)9-10(14)8(3)13(12-9)11(4,5)6/h7,14H,1-6H3. The summed E-state index contributed by atoms with van der Waals surface area (Å²) in [7, 11) is 0. The molecule has 3 heteroatoms. The van der Waals surface area contributed by atoms with Gasteiger partial charge in [0.05, 0.1) is 11.2 Å². The topological polar surface area (TPSA) is 38.1 Å². The van der Waals surface area contributed by atoms with E-state index in [4.69, 9.17) is 0 Å². The van der Waals surface area contributed by atoms with E-state index in [1.807, 2.05) is 25.5 Å². The zero-order valence-corrected chi connectivity index (χ0v) is 9.92. The summed E-state index contributed by atoms with van der Waals surface area (Å²) in [5.41, 5.74) is 1.56. The molecule has 0 saturated carbocycles. The van der Waals surface area contributed by atoms with Crippen molar-refractivity contribution in [3.63, 3.8) is 0 Å². The van der Waals surface area contributed by atoms with Crippen LogP contribution >= 0.6 is 0 Å². The number of nitrogens with zero attached hydrogens (tertiary/aromatic N) is 2. The molecule has 14 heavy (non-hydrogen) atoms. The monoisotopic (exact) mass is 196 g/mol. The highest BCUT2D eigenvalue weighted by atomic mass is 16.3. The first-order valence-electron chi connectivity index (χ1n) is 5.04. The van der Waals surface area contributed by atoms with E-state index in [-0.39, 0.29) is 11.5 Å². The lowest BCUT2D eigenvalue weighted by Gasteiger charge is -2.21. The fourth-order valence-corrected chi connectivity index (χ4v) is 1.56. The lowest BCUT2D eigenvalue weighted by Crippen LogP contribution is -2.24.